The van der Waals surface area contributed by atoms with E-state index in [1.807, 2.05) is 50.4 Å². The van der Waals surface area contributed by atoms with Crippen LogP contribution in [0.25, 0.3) is 11.3 Å². The number of hydrogen-bond donors (Lipinski definition) is 2. The summed E-state index contributed by atoms with van der Waals surface area (Å²) in [6.07, 6.45) is 0. The topological polar surface area (TPSA) is 63.2 Å². The summed E-state index contributed by atoms with van der Waals surface area (Å²) in [6.45, 7) is 5.49. The molecule has 0 aliphatic heterocycles. The van der Waals surface area contributed by atoms with Gasteiger partial charge in [-0.3, -0.25) is 4.79 Å². The van der Waals surface area contributed by atoms with Crippen LogP contribution in [-0.4, -0.2) is 23.1 Å². The number of amides is 1. The van der Waals surface area contributed by atoms with E-state index < -0.39 is 5.41 Å². The van der Waals surface area contributed by atoms with Crippen molar-refractivity contribution in [1.29, 1.82) is 0 Å². The molecule has 0 fully saturated rings. The number of nitrogens with zero attached hydrogens (tertiary/aromatic N) is 1. The largest absolute Gasteiger partial charge is 0.497 e. The molecule has 23 heavy (non-hydrogen) atoms. The van der Waals surface area contributed by atoms with Gasteiger partial charge in [-0.05, 0) is 36.5 Å². The molecular formula is C16H19N3O2S2. The lowest BCUT2D eigenvalue weighted by Gasteiger charge is -2.17. The minimum absolute atomic E-state index is 0.137. The fourth-order valence-corrected chi connectivity index (χ4v) is 2.62. The van der Waals surface area contributed by atoms with Crippen LogP contribution in [0.1, 0.15) is 20.8 Å². The number of rotatable bonds is 3. The first-order valence-corrected chi connectivity index (χ1v) is 8.31. The molecule has 5 nitrogen and oxygen atoms in total. The molecule has 2 N–H and O–H groups in total. The summed E-state index contributed by atoms with van der Waals surface area (Å²) in [5, 5.41) is 8.42. The van der Waals surface area contributed by atoms with Gasteiger partial charge in [0.2, 0.25) is 5.91 Å². The van der Waals surface area contributed by atoms with Crippen molar-refractivity contribution in [2.75, 3.05) is 12.4 Å². The third-order valence-corrected chi connectivity index (χ3v) is 3.98. The van der Waals surface area contributed by atoms with Gasteiger partial charge in [0.15, 0.2) is 10.2 Å². The lowest BCUT2D eigenvalue weighted by molar-refractivity contribution is -0.126. The van der Waals surface area contributed by atoms with E-state index in [4.69, 9.17) is 17.0 Å². The summed E-state index contributed by atoms with van der Waals surface area (Å²) < 4.78 is 5.14. The molecule has 0 spiro atoms. The predicted octanol–water partition coefficient (Wildman–Crippen LogP) is 3.68. The highest BCUT2D eigenvalue weighted by molar-refractivity contribution is 7.80. The Balaban J connectivity index is 2.01. The number of anilines is 1. The van der Waals surface area contributed by atoms with Crippen molar-refractivity contribution in [3.8, 4) is 17.0 Å². The van der Waals surface area contributed by atoms with Gasteiger partial charge in [0.05, 0.1) is 12.8 Å². The van der Waals surface area contributed by atoms with Gasteiger partial charge in [-0.15, -0.1) is 11.3 Å². The number of hydrogen-bond acceptors (Lipinski definition) is 5. The van der Waals surface area contributed by atoms with E-state index >= 15 is 0 Å². The highest BCUT2D eigenvalue weighted by Gasteiger charge is 2.22. The van der Waals surface area contributed by atoms with Gasteiger partial charge in [-0.25, -0.2) is 4.98 Å². The number of aromatic nitrogens is 1. The maximum atomic E-state index is 11.9. The Morgan fingerprint density at radius 2 is 1.91 bits per heavy atom. The monoisotopic (exact) mass is 349 g/mol. The van der Waals surface area contributed by atoms with Crippen LogP contribution in [-0.2, 0) is 4.79 Å². The van der Waals surface area contributed by atoms with Crippen LogP contribution in [0.15, 0.2) is 29.6 Å². The van der Waals surface area contributed by atoms with Crippen molar-refractivity contribution >= 4 is 39.7 Å². The molecule has 0 atom stereocenters. The molecule has 0 bridgehead atoms. The Hall–Kier alpha value is -1.99. The highest BCUT2D eigenvalue weighted by atomic mass is 32.1. The fraction of sp³-hybridized carbons (Fsp3) is 0.312. The molecule has 1 amide bonds. The number of benzene rings is 1. The Labute approximate surface area is 145 Å². The van der Waals surface area contributed by atoms with Gasteiger partial charge in [0.25, 0.3) is 0 Å². The molecule has 122 valence electrons. The average molecular weight is 349 g/mol. The summed E-state index contributed by atoms with van der Waals surface area (Å²) in [7, 11) is 1.63. The average Bonchev–Trinajstić information content (AvgIpc) is 2.94. The molecule has 2 rings (SSSR count). The third kappa shape index (κ3) is 4.74. The molecule has 0 aliphatic carbocycles. The highest BCUT2D eigenvalue weighted by Crippen LogP contribution is 2.26. The van der Waals surface area contributed by atoms with Crippen LogP contribution in [0.4, 0.5) is 5.13 Å². The second kappa shape index (κ2) is 7.06. The smallest absolute Gasteiger partial charge is 0.231 e. The van der Waals surface area contributed by atoms with E-state index in [-0.39, 0.29) is 11.0 Å². The Morgan fingerprint density at radius 1 is 1.26 bits per heavy atom. The number of carbonyl (C=O) groups excluding carboxylic acids is 1. The molecule has 1 aromatic carbocycles. The maximum Gasteiger partial charge on any atom is 0.231 e. The van der Waals surface area contributed by atoms with E-state index in [2.05, 4.69) is 15.6 Å². The van der Waals surface area contributed by atoms with Crippen LogP contribution in [0.2, 0.25) is 0 Å². The number of nitrogens with one attached hydrogen (secondary N) is 2. The van der Waals surface area contributed by atoms with E-state index in [0.717, 1.165) is 17.0 Å². The number of thiocarbonyl (C=S) groups is 1. The first-order chi connectivity index (χ1) is 10.8. The normalized spacial score (nSPS) is 11.0. The van der Waals surface area contributed by atoms with Gasteiger partial charge >= 0.3 is 0 Å². The molecule has 1 aromatic heterocycles. The second-order valence-corrected chi connectivity index (χ2v) is 7.19. The summed E-state index contributed by atoms with van der Waals surface area (Å²) >= 11 is 6.57. The van der Waals surface area contributed by atoms with Crippen LogP contribution in [0, 0.1) is 5.41 Å². The molecule has 7 heteroatoms. The van der Waals surface area contributed by atoms with Crippen molar-refractivity contribution < 1.29 is 9.53 Å². The predicted molar refractivity (Wildman–Crippen MR) is 97.9 cm³/mol. The van der Waals surface area contributed by atoms with Crippen LogP contribution < -0.4 is 15.4 Å². The van der Waals surface area contributed by atoms with Gasteiger partial charge in [0, 0.05) is 16.4 Å². The van der Waals surface area contributed by atoms with Gasteiger partial charge in [-0.2, -0.15) is 0 Å². The van der Waals surface area contributed by atoms with E-state index in [1.54, 1.807) is 7.11 Å². The first kappa shape index (κ1) is 17.4. The van der Waals surface area contributed by atoms with Crippen LogP contribution >= 0.6 is 23.6 Å². The van der Waals surface area contributed by atoms with Gasteiger partial charge < -0.3 is 15.4 Å². The quantitative estimate of drug-likeness (QED) is 0.828. The first-order valence-electron chi connectivity index (χ1n) is 7.02. The standard InChI is InChI=1S/C16H19N3O2S2/c1-16(2,3)13(20)18-14(22)19-15-17-12(9-23-15)10-5-7-11(21-4)8-6-10/h5-9H,1-4H3,(H2,17,18,19,20,22). The van der Waals surface area contributed by atoms with Crippen LogP contribution in [0.3, 0.4) is 0 Å². The van der Waals surface area contributed by atoms with Crippen molar-refractivity contribution in [3.63, 3.8) is 0 Å². The lowest BCUT2D eigenvalue weighted by Crippen LogP contribution is -2.41. The minimum Gasteiger partial charge on any atom is -0.497 e. The van der Waals surface area contributed by atoms with E-state index in [9.17, 15) is 4.79 Å². The molecular weight excluding hydrogens is 330 g/mol. The second-order valence-electron chi connectivity index (χ2n) is 5.92. The zero-order valence-electron chi connectivity index (χ0n) is 13.5. The van der Waals surface area contributed by atoms with E-state index in [1.165, 1.54) is 11.3 Å². The Bertz CT molecular complexity index is 703. The maximum absolute atomic E-state index is 11.9. The Morgan fingerprint density at radius 3 is 2.48 bits per heavy atom. The zero-order chi connectivity index (χ0) is 17.0. The van der Waals surface area contributed by atoms with Gasteiger partial charge in [-0.1, -0.05) is 20.8 Å². The molecule has 2 aromatic rings. The number of ether oxygens (including phenoxy) is 1. The van der Waals surface area contributed by atoms with Gasteiger partial charge in [0.1, 0.15) is 5.75 Å². The third-order valence-electron chi connectivity index (χ3n) is 3.02. The Kier molecular flexibility index (Phi) is 5.33. The van der Waals surface area contributed by atoms with Crippen molar-refractivity contribution in [3.05, 3.63) is 29.6 Å². The van der Waals surface area contributed by atoms with E-state index in [0.29, 0.717) is 5.13 Å². The zero-order valence-corrected chi connectivity index (χ0v) is 15.1. The molecule has 0 aliphatic rings. The molecule has 1 heterocycles. The summed E-state index contributed by atoms with van der Waals surface area (Å²) in [6, 6.07) is 7.65. The van der Waals surface area contributed by atoms with Crippen molar-refractivity contribution in [2.24, 2.45) is 5.41 Å². The summed E-state index contributed by atoms with van der Waals surface area (Å²) in [4.78, 5) is 16.4. The SMILES string of the molecule is COc1ccc(-c2csc(NC(=S)NC(=O)C(C)(C)C)n2)cc1. The minimum atomic E-state index is -0.497. The summed E-state index contributed by atoms with van der Waals surface area (Å²) in [5.74, 6) is 0.662. The number of thiazole rings is 1. The van der Waals surface area contributed by atoms with Crippen molar-refractivity contribution in [2.45, 2.75) is 20.8 Å². The number of methoxy groups -OCH3 is 1. The molecule has 0 saturated carbocycles. The summed E-state index contributed by atoms with van der Waals surface area (Å²) in [5.41, 5.74) is 1.33. The lowest BCUT2D eigenvalue weighted by atomic mass is 9.96. The van der Waals surface area contributed by atoms with Crippen LogP contribution in [0.5, 0.6) is 5.75 Å². The fourth-order valence-electron chi connectivity index (χ4n) is 1.64. The molecule has 0 unspecified atom stereocenters. The van der Waals surface area contributed by atoms with Crippen molar-refractivity contribution in [1.82, 2.24) is 10.3 Å². The molecule has 0 radical (unpaired) electrons. The number of carbonyl (C=O) groups is 1. The molecule has 0 saturated heterocycles.